The highest BCUT2D eigenvalue weighted by atomic mass is 32.1. The summed E-state index contributed by atoms with van der Waals surface area (Å²) in [5.74, 6) is -0.570. The Bertz CT molecular complexity index is 840. The van der Waals surface area contributed by atoms with Crippen LogP contribution in [-0.2, 0) is 6.42 Å². The Labute approximate surface area is 151 Å². The molecule has 1 aromatic heterocycles. The molecule has 1 aromatic carbocycles. The number of methoxy groups -OCH3 is 1. The Morgan fingerprint density at radius 3 is 2.56 bits per heavy atom. The molecule has 0 saturated heterocycles. The van der Waals surface area contributed by atoms with Gasteiger partial charge in [0.25, 0.3) is 0 Å². The maximum Gasteiger partial charge on any atom is 0.193 e. The standard InChI is InChI=1S/C20H22O4S/c1-12(2)5-9-15-17(22)11-18(24-4)19(20(15)23)16(21)10-8-14-7-6-13(3)25-14/h5-8,10-11,22-23H,9H2,1-4H3/b10-8+. The zero-order valence-corrected chi connectivity index (χ0v) is 15.6. The molecule has 1 heterocycles. The first kappa shape index (κ1) is 18.8. The molecule has 0 saturated carbocycles. The van der Waals surface area contributed by atoms with E-state index in [1.54, 1.807) is 17.4 Å². The van der Waals surface area contributed by atoms with Crippen LogP contribution < -0.4 is 4.74 Å². The van der Waals surface area contributed by atoms with Crippen LogP contribution >= 0.6 is 11.3 Å². The summed E-state index contributed by atoms with van der Waals surface area (Å²) in [6, 6.07) is 5.27. The number of carbonyl (C=O) groups is 1. The summed E-state index contributed by atoms with van der Waals surface area (Å²) < 4.78 is 5.18. The minimum atomic E-state index is -0.376. The molecule has 4 nitrogen and oxygen atoms in total. The molecular weight excluding hydrogens is 336 g/mol. The number of carbonyl (C=O) groups excluding carboxylic acids is 1. The van der Waals surface area contributed by atoms with Crippen molar-refractivity contribution in [1.82, 2.24) is 0 Å². The van der Waals surface area contributed by atoms with Crippen LogP contribution in [0.5, 0.6) is 17.2 Å². The van der Waals surface area contributed by atoms with Gasteiger partial charge >= 0.3 is 0 Å². The summed E-state index contributed by atoms with van der Waals surface area (Å²) in [6.45, 7) is 5.85. The van der Waals surface area contributed by atoms with E-state index < -0.39 is 0 Å². The second kappa shape index (κ2) is 8.03. The van der Waals surface area contributed by atoms with E-state index in [4.69, 9.17) is 4.74 Å². The molecule has 25 heavy (non-hydrogen) atoms. The fraction of sp³-hybridized carbons (Fsp3) is 0.250. The molecule has 0 aliphatic carbocycles. The number of aryl methyl sites for hydroxylation is 1. The van der Waals surface area contributed by atoms with Gasteiger partial charge in [-0.2, -0.15) is 0 Å². The summed E-state index contributed by atoms with van der Waals surface area (Å²) in [6.07, 6.45) is 5.32. The third kappa shape index (κ3) is 4.51. The van der Waals surface area contributed by atoms with Crippen LogP contribution in [0.15, 0.2) is 35.9 Å². The van der Waals surface area contributed by atoms with Crippen molar-refractivity contribution < 1.29 is 19.7 Å². The second-order valence-electron chi connectivity index (χ2n) is 5.93. The minimum Gasteiger partial charge on any atom is -0.507 e. The van der Waals surface area contributed by atoms with E-state index in [1.165, 1.54) is 19.3 Å². The van der Waals surface area contributed by atoms with Crippen LogP contribution in [-0.4, -0.2) is 23.1 Å². The van der Waals surface area contributed by atoms with Gasteiger partial charge in [-0.1, -0.05) is 11.6 Å². The van der Waals surface area contributed by atoms with E-state index in [2.05, 4.69) is 0 Å². The molecule has 0 fully saturated rings. The van der Waals surface area contributed by atoms with Gasteiger partial charge in [-0.3, -0.25) is 4.79 Å². The number of phenolic OH excluding ortho intramolecular Hbond substituents is 2. The number of allylic oxidation sites excluding steroid dienone is 3. The molecule has 0 radical (unpaired) electrons. The smallest absolute Gasteiger partial charge is 0.193 e. The van der Waals surface area contributed by atoms with Gasteiger partial charge in [0.2, 0.25) is 0 Å². The number of thiophene rings is 1. The number of hydrogen-bond acceptors (Lipinski definition) is 5. The van der Waals surface area contributed by atoms with Crippen molar-refractivity contribution in [1.29, 1.82) is 0 Å². The Hall–Kier alpha value is -2.53. The lowest BCUT2D eigenvalue weighted by molar-refractivity contribution is 0.104. The Balaban J connectivity index is 2.43. The van der Waals surface area contributed by atoms with Crippen molar-refractivity contribution in [2.75, 3.05) is 7.11 Å². The third-order valence-corrected chi connectivity index (χ3v) is 4.65. The van der Waals surface area contributed by atoms with Crippen LogP contribution in [0.1, 0.15) is 39.5 Å². The number of ether oxygens (including phenoxy) is 1. The van der Waals surface area contributed by atoms with Gasteiger partial charge in [0.05, 0.1) is 7.11 Å². The molecular formula is C20H22O4S. The molecule has 0 aliphatic heterocycles. The minimum absolute atomic E-state index is 0.0574. The average Bonchev–Trinajstić information content (AvgIpc) is 2.97. The topological polar surface area (TPSA) is 66.8 Å². The van der Waals surface area contributed by atoms with Crippen molar-refractivity contribution in [2.24, 2.45) is 0 Å². The first-order chi connectivity index (χ1) is 11.8. The lowest BCUT2D eigenvalue weighted by Gasteiger charge is -2.13. The van der Waals surface area contributed by atoms with Gasteiger partial charge in [0.1, 0.15) is 22.8 Å². The van der Waals surface area contributed by atoms with Crippen molar-refractivity contribution >= 4 is 23.2 Å². The van der Waals surface area contributed by atoms with Gasteiger partial charge in [0, 0.05) is 21.4 Å². The Kier molecular flexibility index (Phi) is 6.04. The van der Waals surface area contributed by atoms with Crippen molar-refractivity contribution in [2.45, 2.75) is 27.2 Å². The molecule has 2 aromatic rings. The highest BCUT2D eigenvalue weighted by molar-refractivity contribution is 7.12. The van der Waals surface area contributed by atoms with Gasteiger partial charge in [-0.25, -0.2) is 0 Å². The summed E-state index contributed by atoms with van der Waals surface area (Å²) >= 11 is 1.58. The fourth-order valence-corrected chi connectivity index (χ4v) is 3.14. The molecule has 2 rings (SSSR count). The van der Waals surface area contributed by atoms with Crippen molar-refractivity contribution in [3.05, 3.63) is 56.8 Å². The largest absolute Gasteiger partial charge is 0.507 e. The zero-order valence-electron chi connectivity index (χ0n) is 14.8. The fourth-order valence-electron chi connectivity index (χ4n) is 2.36. The van der Waals surface area contributed by atoms with Crippen LogP contribution in [0.4, 0.5) is 0 Å². The molecule has 0 spiro atoms. The van der Waals surface area contributed by atoms with Gasteiger partial charge in [-0.15, -0.1) is 11.3 Å². The predicted molar refractivity (Wildman–Crippen MR) is 102 cm³/mol. The normalized spacial score (nSPS) is 10.9. The van der Waals surface area contributed by atoms with E-state index in [0.717, 1.165) is 15.3 Å². The molecule has 132 valence electrons. The first-order valence-electron chi connectivity index (χ1n) is 7.87. The average molecular weight is 358 g/mol. The SMILES string of the molecule is COc1cc(O)c(CC=C(C)C)c(O)c1C(=O)/C=C/c1ccc(C)s1. The van der Waals surface area contributed by atoms with Crippen LogP contribution in [0.25, 0.3) is 6.08 Å². The second-order valence-corrected chi connectivity index (χ2v) is 7.25. The first-order valence-corrected chi connectivity index (χ1v) is 8.69. The Morgan fingerprint density at radius 1 is 1.28 bits per heavy atom. The van der Waals surface area contributed by atoms with Crippen LogP contribution in [0.3, 0.4) is 0 Å². The monoisotopic (exact) mass is 358 g/mol. The van der Waals surface area contributed by atoms with Crippen molar-refractivity contribution in [3.63, 3.8) is 0 Å². The van der Waals surface area contributed by atoms with Crippen LogP contribution in [0.2, 0.25) is 0 Å². The lowest BCUT2D eigenvalue weighted by atomic mass is 9.99. The lowest BCUT2D eigenvalue weighted by Crippen LogP contribution is -2.02. The Morgan fingerprint density at radius 2 is 2.00 bits per heavy atom. The van der Waals surface area contributed by atoms with E-state index in [0.29, 0.717) is 12.0 Å². The summed E-state index contributed by atoms with van der Waals surface area (Å²) in [4.78, 5) is 14.7. The zero-order chi connectivity index (χ0) is 18.6. The maximum atomic E-state index is 12.6. The summed E-state index contributed by atoms with van der Waals surface area (Å²) in [5, 5.41) is 20.7. The van der Waals surface area contributed by atoms with E-state index >= 15 is 0 Å². The maximum absolute atomic E-state index is 12.6. The van der Waals surface area contributed by atoms with Gasteiger partial charge in [-0.05, 0) is 51.5 Å². The van der Waals surface area contributed by atoms with Crippen molar-refractivity contribution in [3.8, 4) is 17.2 Å². The predicted octanol–water partition coefficient (Wildman–Crippen LogP) is 4.88. The molecule has 0 amide bonds. The van der Waals surface area contributed by atoms with Gasteiger partial charge in [0.15, 0.2) is 5.78 Å². The van der Waals surface area contributed by atoms with Crippen LogP contribution in [0, 0.1) is 6.92 Å². The summed E-state index contributed by atoms with van der Waals surface area (Å²) in [7, 11) is 1.40. The number of rotatable bonds is 6. The van der Waals surface area contributed by atoms with E-state index in [9.17, 15) is 15.0 Å². The van der Waals surface area contributed by atoms with E-state index in [-0.39, 0.29) is 28.6 Å². The quantitative estimate of drug-likeness (QED) is 0.439. The van der Waals surface area contributed by atoms with Gasteiger partial charge < -0.3 is 14.9 Å². The molecule has 0 unspecified atom stereocenters. The number of aromatic hydroxyl groups is 2. The molecule has 0 aliphatic rings. The molecule has 0 atom stereocenters. The number of hydrogen-bond donors (Lipinski definition) is 2. The number of phenols is 2. The number of ketones is 1. The highest BCUT2D eigenvalue weighted by Crippen LogP contribution is 2.39. The third-order valence-electron chi connectivity index (χ3n) is 3.69. The molecule has 0 bridgehead atoms. The molecule has 5 heteroatoms. The molecule has 2 N–H and O–H groups in total. The highest BCUT2D eigenvalue weighted by Gasteiger charge is 2.21. The summed E-state index contributed by atoms with van der Waals surface area (Å²) in [5.41, 5.74) is 1.42. The van der Waals surface area contributed by atoms with E-state index in [1.807, 2.05) is 39.0 Å². The number of benzene rings is 1.